The summed E-state index contributed by atoms with van der Waals surface area (Å²) in [5.41, 5.74) is 4.02. The number of hydrogen-bond acceptors (Lipinski definition) is 5. The van der Waals surface area contributed by atoms with Gasteiger partial charge in [-0.2, -0.15) is 0 Å². The highest BCUT2D eigenvalue weighted by Crippen LogP contribution is 2.24. The van der Waals surface area contributed by atoms with E-state index in [-0.39, 0.29) is 5.91 Å². The van der Waals surface area contributed by atoms with Crippen molar-refractivity contribution in [2.75, 3.05) is 5.32 Å². The Morgan fingerprint density at radius 1 is 1.18 bits per heavy atom. The number of aromatic nitrogens is 4. The zero-order valence-corrected chi connectivity index (χ0v) is 16.7. The van der Waals surface area contributed by atoms with E-state index in [1.807, 2.05) is 48.7 Å². The molecule has 6 nitrogen and oxygen atoms in total. The van der Waals surface area contributed by atoms with Crippen LogP contribution in [0.25, 0.3) is 22.4 Å². The number of hydrogen-bond donors (Lipinski definition) is 1. The van der Waals surface area contributed by atoms with Crippen molar-refractivity contribution in [2.24, 2.45) is 0 Å². The monoisotopic (exact) mass is 391 g/mol. The number of carbonyl (C=O) groups excluding carboxylic acids is 1. The minimum atomic E-state index is -0.190. The quantitative estimate of drug-likeness (QED) is 0.506. The second kappa shape index (κ2) is 7.90. The smallest absolute Gasteiger partial charge is 0.257 e. The van der Waals surface area contributed by atoms with E-state index in [9.17, 15) is 4.79 Å². The predicted octanol–water partition coefficient (Wildman–Crippen LogP) is 4.92. The number of amides is 1. The Bertz CT molecular complexity index is 1120. The molecule has 1 amide bonds. The minimum absolute atomic E-state index is 0.190. The summed E-state index contributed by atoms with van der Waals surface area (Å²) in [6.45, 7) is 5.12. The van der Waals surface area contributed by atoms with Crippen molar-refractivity contribution in [3.63, 3.8) is 0 Å². The largest absolute Gasteiger partial charge is 0.328 e. The molecule has 3 heterocycles. The number of fused-ring (bicyclic) bond motifs is 1. The van der Waals surface area contributed by atoms with Crippen LogP contribution in [0.1, 0.15) is 35.9 Å². The normalized spacial score (nSPS) is 11.1. The number of unbranched alkanes of at least 4 members (excludes halogenated alkanes) is 1. The zero-order chi connectivity index (χ0) is 19.5. The molecule has 142 valence electrons. The van der Waals surface area contributed by atoms with Gasteiger partial charge < -0.3 is 4.57 Å². The number of imidazole rings is 1. The molecule has 1 N–H and O–H groups in total. The maximum absolute atomic E-state index is 12.7. The van der Waals surface area contributed by atoms with E-state index in [0.717, 1.165) is 47.6 Å². The highest BCUT2D eigenvalue weighted by atomic mass is 32.1. The Labute approximate surface area is 167 Å². The first kappa shape index (κ1) is 18.3. The van der Waals surface area contributed by atoms with E-state index in [0.29, 0.717) is 10.7 Å². The Kier molecular flexibility index (Phi) is 5.16. The van der Waals surface area contributed by atoms with Crippen LogP contribution in [0.4, 0.5) is 5.13 Å². The van der Waals surface area contributed by atoms with Gasteiger partial charge in [-0.3, -0.25) is 15.1 Å². The lowest BCUT2D eigenvalue weighted by atomic mass is 10.2. The number of pyridine rings is 1. The molecule has 0 aliphatic heterocycles. The molecule has 4 rings (SSSR count). The number of nitrogens with one attached hydrogen (secondary N) is 1. The van der Waals surface area contributed by atoms with E-state index in [1.165, 1.54) is 11.3 Å². The van der Waals surface area contributed by atoms with Gasteiger partial charge in [-0.25, -0.2) is 9.97 Å². The highest BCUT2D eigenvalue weighted by Gasteiger charge is 2.13. The molecular formula is C21H21N5OS. The van der Waals surface area contributed by atoms with Crippen LogP contribution >= 0.6 is 11.3 Å². The third kappa shape index (κ3) is 3.66. The number of thiazole rings is 1. The van der Waals surface area contributed by atoms with Gasteiger partial charge in [-0.1, -0.05) is 19.4 Å². The number of nitrogens with zero attached hydrogens (tertiary/aromatic N) is 4. The van der Waals surface area contributed by atoms with Crippen LogP contribution < -0.4 is 5.32 Å². The first-order valence-corrected chi connectivity index (χ1v) is 10.2. The molecule has 0 saturated carbocycles. The summed E-state index contributed by atoms with van der Waals surface area (Å²) in [7, 11) is 0. The van der Waals surface area contributed by atoms with Gasteiger partial charge in [0.15, 0.2) is 5.13 Å². The Balaban J connectivity index is 1.54. The van der Waals surface area contributed by atoms with Crippen molar-refractivity contribution < 1.29 is 4.79 Å². The van der Waals surface area contributed by atoms with Gasteiger partial charge in [0.2, 0.25) is 0 Å². The summed E-state index contributed by atoms with van der Waals surface area (Å²) < 4.78 is 2.21. The second-order valence-corrected chi connectivity index (χ2v) is 7.43. The van der Waals surface area contributed by atoms with Crippen molar-refractivity contribution in [3.8, 4) is 11.4 Å². The predicted molar refractivity (Wildman–Crippen MR) is 113 cm³/mol. The van der Waals surface area contributed by atoms with Crippen molar-refractivity contribution in [1.29, 1.82) is 0 Å². The topological polar surface area (TPSA) is 72.7 Å². The average molecular weight is 392 g/mol. The van der Waals surface area contributed by atoms with Gasteiger partial charge in [0.05, 0.1) is 16.7 Å². The molecule has 4 aromatic rings. The summed E-state index contributed by atoms with van der Waals surface area (Å²) in [6, 6.07) is 11.3. The van der Waals surface area contributed by atoms with Crippen molar-refractivity contribution >= 4 is 33.4 Å². The van der Waals surface area contributed by atoms with Gasteiger partial charge in [0.1, 0.15) is 11.5 Å². The molecule has 3 aromatic heterocycles. The number of rotatable bonds is 6. The minimum Gasteiger partial charge on any atom is -0.328 e. The van der Waals surface area contributed by atoms with Crippen LogP contribution in [-0.2, 0) is 6.54 Å². The maximum atomic E-state index is 12.7. The molecule has 0 atom stereocenters. The van der Waals surface area contributed by atoms with E-state index in [4.69, 9.17) is 0 Å². The molecule has 0 radical (unpaired) electrons. The first-order valence-electron chi connectivity index (χ1n) is 9.31. The summed E-state index contributed by atoms with van der Waals surface area (Å²) in [5, 5.41) is 5.31. The highest BCUT2D eigenvalue weighted by molar-refractivity contribution is 7.14. The van der Waals surface area contributed by atoms with E-state index in [2.05, 4.69) is 31.8 Å². The van der Waals surface area contributed by atoms with Crippen molar-refractivity contribution in [1.82, 2.24) is 19.5 Å². The van der Waals surface area contributed by atoms with E-state index in [1.54, 1.807) is 6.20 Å². The molecule has 28 heavy (non-hydrogen) atoms. The first-order chi connectivity index (χ1) is 13.7. The fraction of sp³-hybridized carbons (Fsp3) is 0.238. The van der Waals surface area contributed by atoms with E-state index < -0.39 is 0 Å². The van der Waals surface area contributed by atoms with Crippen LogP contribution in [0.15, 0.2) is 48.0 Å². The zero-order valence-electron chi connectivity index (χ0n) is 15.8. The Morgan fingerprint density at radius 2 is 2.07 bits per heavy atom. The van der Waals surface area contributed by atoms with Gasteiger partial charge in [0.25, 0.3) is 5.91 Å². The van der Waals surface area contributed by atoms with Gasteiger partial charge >= 0.3 is 0 Å². The van der Waals surface area contributed by atoms with Gasteiger partial charge in [-0.05, 0) is 43.7 Å². The summed E-state index contributed by atoms with van der Waals surface area (Å²) in [4.78, 5) is 26.0. The molecule has 0 bridgehead atoms. The molecule has 0 aliphatic rings. The summed E-state index contributed by atoms with van der Waals surface area (Å²) in [6.07, 6.45) is 3.97. The summed E-state index contributed by atoms with van der Waals surface area (Å²) in [5.74, 6) is 0.783. The van der Waals surface area contributed by atoms with Gasteiger partial charge in [-0.15, -0.1) is 11.3 Å². The van der Waals surface area contributed by atoms with Crippen molar-refractivity contribution in [3.05, 3.63) is 59.4 Å². The van der Waals surface area contributed by atoms with E-state index >= 15 is 0 Å². The van der Waals surface area contributed by atoms with Gasteiger partial charge in [0, 0.05) is 23.7 Å². The lowest BCUT2D eigenvalue weighted by molar-refractivity contribution is 0.102. The molecule has 0 spiro atoms. The molecule has 0 unspecified atom stereocenters. The third-order valence-electron chi connectivity index (χ3n) is 4.59. The standard InChI is InChI=1S/C21H21N5OS/c1-3-4-11-26-14(2)23-17-12-15(8-9-19(17)26)20(27)25-21-24-18(13-28-21)16-7-5-6-10-22-16/h5-10,12-13H,3-4,11H2,1-2H3,(H,24,25,27). The summed E-state index contributed by atoms with van der Waals surface area (Å²) >= 11 is 1.38. The SMILES string of the molecule is CCCCn1c(C)nc2cc(C(=O)Nc3nc(-c4ccccn4)cs3)ccc21. The Hall–Kier alpha value is -3.06. The third-order valence-corrected chi connectivity index (χ3v) is 5.35. The molecule has 7 heteroatoms. The lowest BCUT2D eigenvalue weighted by Gasteiger charge is -2.06. The molecule has 0 aliphatic carbocycles. The van der Waals surface area contributed by atoms with Crippen LogP contribution in [0.3, 0.4) is 0 Å². The molecular weight excluding hydrogens is 370 g/mol. The molecule has 0 fully saturated rings. The van der Waals surface area contributed by atoms with Crippen LogP contribution in [0, 0.1) is 6.92 Å². The average Bonchev–Trinajstić information content (AvgIpc) is 3.30. The van der Waals surface area contributed by atoms with Crippen LogP contribution in [-0.4, -0.2) is 25.4 Å². The lowest BCUT2D eigenvalue weighted by Crippen LogP contribution is -2.11. The van der Waals surface area contributed by atoms with Crippen LogP contribution in [0.5, 0.6) is 0 Å². The maximum Gasteiger partial charge on any atom is 0.257 e. The number of carbonyl (C=O) groups is 1. The fourth-order valence-electron chi connectivity index (χ4n) is 3.12. The van der Waals surface area contributed by atoms with Crippen molar-refractivity contribution in [2.45, 2.75) is 33.2 Å². The fourth-order valence-corrected chi connectivity index (χ4v) is 3.82. The number of aryl methyl sites for hydroxylation is 2. The number of benzene rings is 1. The Morgan fingerprint density at radius 3 is 2.86 bits per heavy atom. The number of anilines is 1. The second-order valence-electron chi connectivity index (χ2n) is 6.57. The molecule has 1 aromatic carbocycles. The van der Waals surface area contributed by atoms with Crippen LogP contribution in [0.2, 0.25) is 0 Å². The molecule has 0 saturated heterocycles.